The van der Waals surface area contributed by atoms with Crippen LogP contribution in [0.3, 0.4) is 0 Å². The van der Waals surface area contributed by atoms with Gasteiger partial charge in [0.15, 0.2) is 0 Å². The number of carbonyl (C=O) groups is 1. The fraction of sp³-hybridized carbons (Fsp3) is 0.875. The van der Waals surface area contributed by atoms with Crippen molar-refractivity contribution < 1.29 is 9.63 Å². The van der Waals surface area contributed by atoms with Gasteiger partial charge in [0.05, 0.1) is 11.4 Å². The van der Waals surface area contributed by atoms with E-state index in [2.05, 4.69) is 15.9 Å². The zero-order valence-corrected chi connectivity index (χ0v) is 8.84. The van der Waals surface area contributed by atoms with Gasteiger partial charge in [-0.3, -0.25) is 9.63 Å². The first kappa shape index (κ1) is 9.99. The standard InChI is InChI=1S/C8H14BrNO2/c1-2-7(9)8(11)10-5-3-4-6-12-10/h7H,2-6H2,1H3. The third-order valence-electron chi connectivity index (χ3n) is 1.87. The van der Waals surface area contributed by atoms with Gasteiger partial charge >= 0.3 is 0 Å². The Hall–Kier alpha value is -0.0900. The molecule has 0 aromatic carbocycles. The third-order valence-corrected chi connectivity index (χ3v) is 2.91. The van der Waals surface area contributed by atoms with Crippen molar-refractivity contribution in [1.29, 1.82) is 0 Å². The molecule has 70 valence electrons. The summed E-state index contributed by atoms with van der Waals surface area (Å²) >= 11 is 3.31. The molecule has 1 atom stereocenters. The lowest BCUT2D eigenvalue weighted by atomic mass is 10.2. The van der Waals surface area contributed by atoms with Gasteiger partial charge in [-0.25, -0.2) is 5.06 Å². The molecule has 0 radical (unpaired) electrons. The summed E-state index contributed by atoms with van der Waals surface area (Å²) in [6.45, 7) is 3.39. The predicted octanol–water partition coefficient (Wildman–Crippen LogP) is 1.71. The average Bonchev–Trinajstić information content (AvgIpc) is 2.17. The minimum atomic E-state index is -0.0874. The van der Waals surface area contributed by atoms with Gasteiger partial charge in [-0.05, 0) is 19.3 Å². The molecule has 3 nitrogen and oxygen atoms in total. The maximum absolute atomic E-state index is 11.5. The smallest absolute Gasteiger partial charge is 0.259 e. The van der Waals surface area contributed by atoms with Gasteiger partial charge in [-0.15, -0.1) is 0 Å². The summed E-state index contributed by atoms with van der Waals surface area (Å²) < 4.78 is 0. The van der Waals surface area contributed by atoms with Crippen LogP contribution in [0.5, 0.6) is 0 Å². The van der Waals surface area contributed by atoms with Crippen molar-refractivity contribution in [3.8, 4) is 0 Å². The Labute approximate surface area is 81.1 Å². The van der Waals surface area contributed by atoms with Gasteiger partial charge in [-0.2, -0.15) is 0 Å². The first-order chi connectivity index (χ1) is 5.75. The number of hydroxylamine groups is 2. The molecule has 1 amide bonds. The van der Waals surface area contributed by atoms with E-state index in [0.29, 0.717) is 6.61 Å². The summed E-state index contributed by atoms with van der Waals surface area (Å²) in [5, 5.41) is 1.48. The minimum absolute atomic E-state index is 0.0530. The molecule has 1 aliphatic rings. The van der Waals surface area contributed by atoms with Crippen LogP contribution in [0.2, 0.25) is 0 Å². The SMILES string of the molecule is CCC(Br)C(=O)N1CCCCO1. The number of amides is 1. The molecule has 4 heteroatoms. The Morgan fingerprint density at radius 2 is 2.42 bits per heavy atom. The zero-order valence-electron chi connectivity index (χ0n) is 7.25. The van der Waals surface area contributed by atoms with Gasteiger partial charge in [0.2, 0.25) is 0 Å². The molecule has 1 rings (SSSR count). The van der Waals surface area contributed by atoms with Crippen molar-refractivity contribution >= 4 is 21.8 Å². The van der Waals surface area contributed by atoms with Crippen LogP contribution < -0.4 is 0 Å². The first-order valence-electron chi connectivity index (χ1n) is 4.34. The number of hydrogen-bond donors (Lipinski definition) is 0. The fourth-order valence-corrected chi connectivity index (χ4v) is 1.33. The summed E-state index contributed by atoms with van der Waals surface area (Å²) in [7, 11) is 0. The second-order valence-corrected chi connectivity index (χ2v) is 3.96. The lowest BCUT2D eigenvalue weighted by Gasteiger charge is -2.27. The second-order valence-electron chi connectivity index (χ2n) is 2.86. The molecule has 0 aliphatic carbocycles. The number of rotatable bonds is 2. The van der Waals surface area contributed by atoms with Crippen molar-refractivity contribution in [3.05, 3.63) is 0 Å². The lowest BCUT2D eigenvalue weighted by Crippen LogP contribution is -2.39. The monoisotopic (exact) mass is 235 g/mol. The number of halogens is 1. The van der Waals surface area contributed by atoms with Crippen molar-refractivity contribution in [3.63, 3.8) is 0 Å². The predicted molar refractivity (Wildman–Crippen MR) is 49.9 cm³/mol. The van der Waals surface area contributed by atoms with E-state index in [4.69, 9.17) is 4.84 Å². The molecule has 0 N–H and O–H groups in total. The molecule has 0 bridgehead atoms. The highest BCUT2D eigenvalue weighted by Crippen LogP contribution is 2.13. The van der Waals surface area contributed by atoms with Gasteiger partial charge in [0, 0.05) is 6.54 Å². The van der Waals surface area contributed by atoms with Crippen molar-refractivity contribution in [2.45, 2.75) is 31.0 Å². The van der Waals surface area contributed by atoms with Gasteiger partial charge < -0.3 is 0 Å². The molecule has 0 aromatic heterocycles. The molecule has 1 heterocycles. The molecule has 1 saturated heterocycles. The minimum Gasteiger partial charge on any atom is -0.271 e. The number of nitrogens with zero attached hydrogens (tertiary/aromatic N) is 1. The van der Waals surface area contributed by atoms with E-state index in [1.807, 2.05) is 6.92 Å². The van der Waals surface area contributed by atoms with E-state index in [-0.39, 0.29) is 10.7 Å². The molecule has 0 spiro atoms. The zero-order chi connectivity index (χ0) is 8.97. The summed E-state index contributed by atoms with van der Waals surface area (Å²) in [6.07, 6.45) is 2.91. The Balaban J connectivity index is 2.39. The Morgan fingerprint density at radius 1 is 1.67 bits per heavy atom. The molecule has 0 aromatic rings. The highest BCUT2D eigenvalue weighted by molar-refractivity contribution is 9.10. The molecule has 1 unspecified atom stereocenters. The van der Waals surface area contributed by atoms with Crippen LogP contribution in [0.15, 0.2) is 0 Å². The molecule has 12 heavy (non-hydrogen) atoms. The number of hydrogen-bond acceptors (Lipinski definition) is 2. The van der Waals surface area contributed by atoms with Crippen LogP contribution in [-0.2, 0) is 9.63 Å². The summed E-state index contributed by atoms with van der Waals surface area (Å²) in [6, 6.07) is 0. The van der Waals surface area contributed by atoms with Crippen molar-refractivity contribution in [2.24, 2.45) is 0 Å². The second kappa shape index (κ2) is 4.82. The van der Waals surface area contributed by atoms with Crippen LogP contribution in [-0.4, -0.2) is 28.9 Å². The fourth-order valence-electron chi connectivity index (χ4n) is 1.10. The van der Waals surface area contributed by atoms with Crippen molar-refractivity contribution in [2.75, 3.05) is 13.2 Å². The third kappa shape index (κ3) is 2.45. The normalized spacial score (nSPS) is 20.7. The summed E-state index contributed by atoms with van der Waals surface area (Å²) in [4.78, 5) is 16.6. The molecule has 0 saturated carbocycles. The molecular formula is C8H14BrNO2. The van der Waals surface area contributed by atoms with E-state index in [0.717, 1.165) is 25.8 Å². The van der Waals surface area contributed by atoms with Gasteiger partial charge in [-0.1, -0.05) is 22.9 Å². The Morgan fingerprint density at radius 3 is 2.92 bits per heavy atom. The molecular weight excluding hydrogens is 222 g/mol. The molecule has 1 aliphatic heterocycles. The lowest BCUT2D eigenvalue weighted by molar-refractivity contribution is -0.196. The van der Waals surface area contributed by atoms with E-state index in [9.17, 15) is 4.79 Å². The topological polar surface area (TPSA) is 29.5 Å². The van der Waals surface area contributed by atoms with E-state index < -0.39 is 0 Å². The van der Waals surface area contributed by atoms with Crippen molar-refractivity contribution in [1.82, 2.24) is 5.06 Å². The maximum atomic E-state index is 11.5. The summed E-state index contributed by atoms with van der Waals surface area (Å²) in [5.41, 5.74) is 0. The van der Waals surface area contributed by atoms with E-state index in [1.165, 1.54) is 5.06 Å². The highest BCUT2D eigenvalue weighted by atomic mass is 79.9. The maximum Gasteiger partial charge on any atom is 0.259 e. The van der Waals surface area contributed by atoms with Crippen LogP contribution in [0.4, 0.5) is 0 Å². The largest absolute Gasteiger partial charge is 0.271 e. The summed E-state index contributed by atoms with van der Waals surface area (Å²) in [5.74, 6) is 0.0530. The average molecular weight is 236 g/mol. The van der Waals surface area contributed by atoms with Gasteiger partial charge in [0.25, 0.3) is 5.91 Å². The number of carbonyl (C=O) groups excluding carboxylic acids is 1. The van der Waals surface area contributed by atoms with Gasteiger partial charge in [0.1, 0.15) is 0 Å². The van der Waals surface area contributed by atoms with E-state index >= 15 is 0 Å². The highest BCUT2D eigenvalue weighted by Gasteiger charge is 2.22. The van der Waals surface area contributed by atoms with Crippen LogP contribution in [0.1, 0.15) is 26.2 Å². The first-order valence-corrected chi connectivity index (χ1v) is 5.25. The van der Waals surface area contributed by atoms with Crippen LogP contribution >= 0.6 is 15.9 Å². The quantitative estimate of drug-likeness (QED) is 0.683. The van der Waals surface area contributed by atoms with Crippen LogP contribution in [0.25, 0.3) is 0 Å². The van der Waals surface area contributed by atoms with E-state index in [1.54, 1.807) is 0 Å². The van der Waals surface area contributed by atoms with Crippen LogP contribution in [0, 0.1) is 0 Å². The molecule has 1 fully saturated rings. The Bertz CT molecular complexity index is 157. The Kier molecular flexibility index (Phi) is 4.01. The number of alkyl halides is 1.